The molecule has 1 amide bonds. The van der Waals surface area contributed by atoms with E-state index in [0.717, 1.165) is 27.6 Å². The zero-order valence-electron chi connectivity index (χ0n) is 18.7. The summed E-state index contributed by atoms with van der Waals surface area (Å²) in [6, 6.07) is 27.7. The number of amides is 1. The molecule has 1 heterocycles. The van der Waals surface area contributed by atoms with Crippen molar-refractivity contribution in [2.24, 2.45) is 0 Å². The molecule has 0 bridgehead atoms. The predicted octanol–water partition coefficient (Wildman–Crippen LogP) is 5.26. The number of ether oxygens (including phenoxy) is 1. The lowest BCUT2D eigenvalue weighted by atomic mass is 10.1. The summed E-state index contributed by atoms with van der Waals surface area (Å²) in [6.45, 7) is 2.55. The van der Waals surface area contributed by atoms with Gasteiger partial charge in [-0.15, -0.1) is 0 Å². The SMILES string of the molecule is CC(OC(=O)CCc1c[nH]c2ccccc12)C(=O)N(Cc1ccccc1)Cc1ccccc1. The zero-order valence-corrected chi connectivity index (χ0v) is 18.7. The molecule has 3 aromatic carbocycles. The van der Waals surface area contributed by atoms with Crippen LogP contribution in [0.3, 0.4) is 0 Å². The fourth-order valence-corrected chi connectivity index (χ4v) is 3.96. The number of nitrogens with zero attached hydrogens (tertiary/aromatic N) is 1. The number of hydrogen-bond acceptors (Lipinski definition) is 3. The van der Waals surface area contributed by atoms with E-state index in [4.69, 9.17) is 4.74 Å². The molecule has 0 spiro atoms. The van der Waals surface area contributed by atoms with Gasteiger partial charge in [0.05, 0.1) is 0 Å². The van der Waals surface area contributed by atoms with Gasteiger partial charge in [0.1, 0.15) is 0 Å². The molecule has 168 valence electrons. The van der Waals surface area contributed by atoms with Crippen LogP contribution < -0.4 is 0 Å². The van der Waals surface area contributed by atoms with E-state index in [0.29, 0.717) is 19.5 Å². The number of esters is 1. The van der Waals surface area contributed by atoms with Crippen molar-refractivity contribution in [3.05, 3.63) is 108 Å². The van der Waals surface area contributed by atoms with Crippen molar-refractivity contribution >= 4 is 22.8 Å². The van der Waals surface area contributed by atoms with Crippen LogP contribution in [-0.2, 0) is 33.8 Å². The Labute approximate surface area is 194 Å². The number of fused-ring (bicyclic) bond motifs is 1. The summed E-state index contributed by atoms with van der Waals surface area (Å²) in [4.78, 5) is 30.7. The van der Waals surface area contributed by atoms with E-state index >= 15 is 0 Å². The first kappa shape index (κ1) is 22.3. The molecule has 0 saturated carbocycles. The number of aryl methyl sites for hydroxylation is 1. The van der Waals surface area contributed by atoms with Crippen molar-refractivity contribution in [3.8, 4) is 0 Å². The first-order valence-corrected chi connectivity index (χ1v) is 11.2. The largest absolute Gasteiger partial charge is 0.453 e. The number of hydrogen-bond donors (Lipinski definition) is 1. The van der Waals surface area contributed by atoms with E-state index in [2.05, 4.69) is 4.98 Å². The van der Waals surface area contributed by atoms with Crippen LogP contribution in [0.25, 0.3) is 10.9 Å². The third-order valence-corrected chi connectivity index (χ3v) is 5.67. The van der Waals surface area contributed by atoms with Crippen molar-refractivity contribution in [1.29, 1.82) is 0 Å². The van der Waals surface area contributed by atoms with Crippen molar-refractivity contribution < 1.29 is 14.3 Å². The monoisotopic (exact) mass is 440 g/mol. The van der Waals surface area contributed by atoms with Gasteiger partial charge in [0, 0.05) is 36.6 Å². The highest BCUT2D eigenvalue weighted by Gasteiger charge is 2.24. The molecule has 1 unspecified atom stereocenters. The van der Waals surface area contributed by atoms with Crippen molar-refractivity contribution in [2.75, 3.05) is 0 Å². The van der Waals surface area contributed by atoms with Gasteiger partial charge in [-0.1, -0.05) is 78.9 Å². The Morgan fingerprint density at radius 3 is 2.06 bits per heavy atom. The Bertz CT molecular complexity index is 1160. The molecule has 4 rings (SSSR count). The third-order valence-electron chi connectivity index (χ3n) is 5.67. The first-order chi connectivity index (χ1) is 16.1. The van der Waals surface area contributed by atoms with E-state index in [-0.39, 0.29) is 18.3 Å². The number of benzene rings is 3. The Kier molecular flexibility index (Phi) is 7.20. The van der Waals surface area contributed by atoms with E-state index < -0.39 is 6.10 Å². The van der Waals surface area contributed by atoms with E-state index in [1.807, 2.05) is 91.1 Å². The Hall–Kier alpha value is -3.86. The third kappa shape index (κ3) is 5.89. The van der Waals surface area contributed by atoms with Crippen LogP contribution in [0.4, 0.5) is 0 Å². The van der Waals surface area contributed by atoms with Gasteiger partial charge in [-0.05, 0) is 36.1 Å². The van der Waals surface area contributed by atoms with Crippen LogP contribution >= 0.6 is 0 Å². The maximum Gasteiger partial charge on any atom is 0.306 e. The molecular formula is C28H28N2O3. The molecule has 0 radical (unpaired) electrons. The number of rotatable bonds is 9. The minimum absolute atomic E-state index is 0.205. The number of H-pyrrole nitrogens is 1. The molecule has 1 aromatic heterocycles. The lowest BCUT2D eigenvalue weighted by Crippen LogP contribution is -2.39. The van der Waals surface area contributed by atoms with Crippen LogP contribution in [0, 0.1) is 0 Å². The van der Waals surface area contributed by atoms with Gasteiger partial charge in [-0.25, -0.2) is 0 Å². The van der Waals surface area contributed by atoms with E-state index in [9.17, 15) is 9.59 Å². The first-order valence-electron chi connectivity index (χ1n) is 11.2. The van der Waals surface area contributed by atoms with Gasteiger partial charge in [0.2, 0.25) is 0 Å². The number of para-hydroxylation sites is 1. The van der Waals surface area contributed by atoms with Gasteiger partial charge in [0.15, 0.2) is 6.10 Å². The average molecular weight is 441 g/mol. The van der Waals surface area contributed by atoms with Gasteiger partial charge < -0.3 is 14.6 Å². The Morgan fingerprint density at radius 1 is 0.848 bits per heavy atom. The maximum atomic E-state index is 13.2. The summed E-state index contributed by atoms with van der Waals surface area (Å²) < 4.78 is 5.54. The smallest absolute Gasteiger partial charge is 0.306 e. The summed E-state index contributed by atoms with van der Waals surface area (Å²) in [5.74, 6) is -0.580. The van der Waals surface area contributed by atoms with E-state index in [1.165, 1.54) is 0 Å². The number of carbonyl (C=O) groups excluding carboxylic acids is 2. The highest BCUT2D eigenvalue weighted by molar-refractivity contribution is 5.85. The second kappa shape index (κ2) is 10.6. The van der Waals surface area contributed by atoms with Crippen LogP contribution in [0.1, 0.15) is 30.0 Å². The molecule has 4 aromatic rings. The highest BCUT2D eigenvalue weighted by Crippen LogP contribution is 2.19. The normalized spacial score (nSPS) is 11.8. The van der Waals surface area contributed by atoms with Crippen molar-refractivity contribution in [2.45, 2.75) is 39.0 Å². The lowest BCUT2D eigenvalue weighted by molar-refractivity contribution is -0.159. The van der Waals surface area contributed by atoms with Crippen molar-refractivity contribution in [3.63, 3.8) is 0 Å². The topological polar surface area (TPSA) is 62.4 Å². The molecule has 0 fully saturated rings. The molecule has 0 aliphatic rings. The molecule has 0 aliphatic carbocycles. The summed E-state index contributed by atoms with van der Waals surface area (Å²) in [6.07, 6.45) is 1.85. The second-order valence-corrected chi connectivity index (χ2v) is 8.16. The predicted molar refractivity (Wildman–Crippen MR) is 129 cm³/mol. The molecule has 0 saturated heterocycles. The van der Waals surface area contributed by atoms with E-state index in [1.54, 1.807) is 11.8 Å². The van der Waals surface area contributed by atoms with Gasteiger partial charge in [-0.3, -0.25) is 9.59 Å². The lowest BCUT2D eigenvalue weighted by Gasteiger charge is -2.26. The minimum atomic E-state index is -0.854. The fourth-order valence-electron chi connectivity index (χ4n) is 3.96. The van der Waals surface area contributed by atoms with Crippen LogP contribution in [0.15, 0.2) is 91.1 Å². The summed E-state index contributed by atoms with van der Waals surface area (Å²) in [7, 11) is 0. The molecular weight excluding hydrogens is 412 g/mol. The highest BCUT2D eigenvalue weighted by atomic mass is 16.5. The van der Waals surface area contributed by atoms with Crippen molar-refractivity contribution in [1.82, 2.24) is 9.88 Å². The zero-order chi connectivity index (χ0) is 23.0. The average Bonchev–Trinajstić information content (AvgIpc) is 3.26. The van der Waals surface area contributed by atoms with Crippen LogP contribution in [0.5, 0.6) is 0 Å². The van der Waals surface area contributed by atoms with Gasteiger partial charge in [0.25, 0.3) is 5.91 Å². The molecule has 1 N–H and O–H groups in total. The quantitative estimate of drug-likeness (QED) is 0.361. The molecule has 5 nitrogen and oxygen atoms in total. The van der Waals surface area contributed by atoms with Crippen LogP contribution in [-0.4, -0.2) is 27.9 Å². The Morgan fingerprint density at radius 2 is 1.42 bits per heavy atom. The number of carbonyl (C=O) groups is 2. The second-order valence-electron chi connectivity index (χ2n) is 8.16. The number of aromatic nitrogens is 1. The van der Waals surface area contributed by atoms with Gasteiger partial charge in [-0.2, -0.15) is 0 Å². The summed E-state index contributed by atoms with van der Waals surface area (Å²) in [5, 5.41) is 1.10. The molecule has 0 aliphatic heterocycles. The Balaban J connectivity index is 1.38. The standard InChI is InChI=1S/C28H28N2O3/c1-21(33-27(31)17-16-24-18-29-26-15-9-8-14-25(24)26)28(32)30(19-22-10-4-2-5-11-22)20-23-12-6-3-7-13-23/h2-15,18,21,29H,16-17,19-20H2,1H3. The molecule has 1 atom stereocenters. The number of aromatic amines is 1. The summed E-state index contributed by atoms with van der Waals surface area (Å²) in [5.41, 5.74) is 4.16. The number of nitrogens with one attached hydrogen (secondary N) is 1. The van der Waals surface area contributed by atoms with Gasteiger partial charge >= 0.3 is 5.97 Å². The van der Waals surface area contributed by atoms with Crippen LogP contribution in [0.2, 0.25) is 0 Å². The molecule has 5 heteroatoms. The summed E-state index contributed by atoms with van der Waals surface area (Å²) >= 11 is 0. The maximum absolute atomic E-state index is 13.2. The molecule has 33 heavy (non-hydrogen) atoms. The minimum Gasteiger partial charge on any atom is -0.453 e. The fraction of sp³-hybridized carbons (Fsp3) is 0.214.